The summed E-state index contributed by atoms with van der Waals surface area (Å²) in [5.74, 6) is -0.808. The zero-order valence-electron chi connectivity index (χ0n) is 14.7. The van der Waals surface area contributed by atoms with Crippen molar-refractivity contribution in [2.45, 2.75) is 5.75 Å². The monoisotopic (exact) mass is 399 g/mol. The van der Waals surface area contributed by atoms with Gasteiger partial charge in [0.2, 0.25) is 0 Å². The molecule has 0 aliphatic carbocycles. The summed E-state index contributed by atoms with van der Waals surface area (Å²) in [4.78, 5) is 50.6. The maximum absolute atomic E-state index is 12.0. The van der Waals surface area contributed by atoms with E-state index < -0.39 is 29.7 Å². The highest BCUT2D eigenvalue weighted by atomic mass is 32.2. The fourth-order valence-corrected chi connectivity index (χ4v) is 3.23. The maximum Gasteiger partial charge on any atom is 0.325 e. The largest absolute Gasteiger partial charge is 0.455 e. The maximum atomic E-state index is 12.0. The van der Waals surface area contributed by atoms with E-state index in [4.69, 9.17) is 4.74 Å². The van der Waals surface area contributed by atoms with Gasteiger partial charge in [0.25, 0.3) is 11.5 Å². The number of ether oxygens (including phenoxy) is 1. The SMILES string of the molecule is O=C(COC(=O)CSCc1c[nH]c(=O)[nH]c1=O)Nc1ccc2ccccc2c1. The number of aromatic nitrogens is 2. The number of aromatic amines is 2. The van der Waals surface area contributed by atoms with Crippen LogP contribution in [0.25, 0.3) is 10.8 Å². The van der Waals surface area contributed by atoms with Crippen molar-refractivity contribution >= 4 is 40.1 Å². The molecule has 0 saturated heterocycles. The molecular weight excluding hydrogens is 382 g/mol. The zero-order valence-corrected chi connectivity index (χ0v) is 15.5. The lowest BCUT2D eigenvalue weighted by molar-refractivity contribution is -0.144. The van der Waals surface area contributed by atoms with E-state index in [-0.39, 0.29) is 11.5 Å². The van der Waals surface area contributed by atoms with Crippen molar-refractivity contribution in [2.24, 2.45) is 0 Å². The van der Waals surface area contributed by atoms with Crippen molar-refractivity contribution in [1.82, 2.24) is 9.97 Å². The van der Waals surface area contributed by atoms with Crippen LogP contribution in [0.3, 0.4) is 0 Å². The minimum absolute atomic E-state index is 0.0260. The first kappa shape index (κ1) is 19.4. The van der Waals surface area contributed by atoms with Crippen LogP contribution < -0.4 is 16.6 Å². The first-order valence-electron chi connectivity index (χ1n) is 8.34. The predicted octanol–water partition coefficient (Wildman–Crippen LogP) is 1.63. The van der Waals surface area contributed by atoms with Crippen molar-refractivity contribution < 1.29 is 14.3 Å². The number of rotatable bonds is 7. The Hall–Kier alpha value is -3.33. The predicted molar refractivity (Wildman–Crippen MR) is 107 cm³/mol. The molecule has 8 nitrogen and oxygen atoms in total. The molecule has 144 valence electrons. The summed E-state index contributed by atoms with van der Waals surface area (Å²) < 4.78 is 4.94. The number of nitrogens with one attached hydrogen (secondary N) is 3. The number of H-pyrrole nitrogens is 2. The van der Waals surface area contributed by atoms with Crippen LogP contribution in [-0.2, 0) is 20.1 Å². The van der Waals surface area contributed by atoms with Crippen molar-refractivity contribution in [3.05, 3.63) is 75.1 Å². The normalized spacial score (nSPS) is 10.6. The highest BCUT2D eigenvalue weighted by molar-refractivity contribution is 7.99. The number of carbonyl (C=O) groups excluding carboxylic acids is 2. The summed E-state index contributed by atoms with van der Waals surface area (Å²) in [6.07, 6.45) is 1.30. The summed E-state index contributed by atoms with van der Waals surface area (Å²) in [6, 6.07) is 13.3. The number of carbonyl (C=O) groups is 2. The molecule has 3 aromatic rings. The van der Waals surface area contributed by atoms with E-state index in [0.717, 1.165) is 22.5 Å². The summed E-state index contributed by atoms with van der Waals surface area (Å²) in [5.41, 5.74) is -0.132. The highest BCUT2D eigenvalue weighted by Gasteiger charge is 2.09. The molecule has 0 aliphatic heterocycles. The van der Waals surface area contributed by atoms with E-state index in [9.17, 15) is 19.2 Å². The second kappa shape index (κ2) is 9.05. The zero-order chi connectivity index (χ0) is 19.9. The van der Waals surface area contributed by atoms with Crippen LogP contribution in [0.15, 0.2) is 58.3 Å². The molecule has 9 heteroatoms. The molecule has 1 amide bonds. The Balaban J connectivity index is 1.42. The fraction of sp³-hybridized carbons (Fsp3) is 0.158. The lowest BCUT2D eigenvalue weighted by atomic mass is 10.1. The van der Waals surface area contributed by atoms with Gasteiger partial charge in [0, 0.05) is 23.2 Å². The summed E-state index contributed by atoms with van der Waals surface area (Å²) in [7, 11) is 0. The molecule has 1 aromatic heterocycles. The van der Waals surface area contributed by atoms with Gasteiger partial charge >= 0.3 is 11.7 Å². The topological polar surface area (TPSA) is 121 Å². The van der Waals surface area contributed by atoms with E-state index in [2.05, 4.69) is 15.3 Å². The summed E-state index contributed by atoms with van der Waals surface area (Å²) in [5, 5.41) is 4.73. The molecule has 0 unspecified atom stereocenters. The van der Waals surface area contributed by atoms with Gasteiger partial charge < -0.3 is 15.0 Å². The van der Waals surface area contributed by atoms with E-state index >= 15 is 0 Å². The minimum Gasteiger partial charge on any atom is -0.455 e. The second-order valence-electron chi connectivity index (χ2n) is 5.86. The van der Waals surface area contributed by atoms with E-state index in [1.165, 1.54) is 6.20 Å². The van der Waals surface area contributed by atoms with E-state index in [1.54, 1.807) is 6.07 Å². The van der Waals surface area contributed by atoms with Crippen LogP contribution in [0.4, 0.5) is 5.69 Å². The van der Waals surface area contributed by atoms with Gasteiger partial charge in [-0.05, 0) is 22.9 Å². The number of amides is 1. The van der Waals surface area contributed by atoms with Crippen LogP contribution in [0, 0.1) is 0 Å². The third-order valence-corrected chi connectivity index (χ3v) is 4.73. The smallest absolute Gasteiger partial charge is 0.325 e. The molecule has 0 atom stereocenters. The summed E-state index contributed by atoms with van der Waals surface area (Å²) >= 11 is 1.14. The van der Waals surface area contributed by atoms with Crippen molar-refractivity contribution in [2.75, 3.05) is 17.7 Å². The molecule has 1 heterocycles. The van der Waals surface area contributed by atoms with Crippen LogP contribution in [-0.4, -0.2) is 34.2 Å². The Morgan fingerprint density at radius 1 is 1.07 bits per heavy atom. The van der Waals surface area contributed by atoms with Gasteiger partial charge in [-0.25, -0.2) is 4.79 Å². The van der Waals surface area contributed by atoms with Crippen LogP contribution in [0.1, 0.15) is 5.56 Å². The molecule has 0 saturated carbocycles. The number of anilines is 1. The fourth-order valence-electron chi connectivity index (χ4n) is 2.44. The lowest BCUT2D eigenvalue weighted by Crippen LogP contribution is -2.24. The van der Waals surface area contributed by atoms with Gasteiger partial charge in [-0.3, -0.25) is 19.4 Å². The Kier molecular flexibility index (Phi) is 6.28. The van der Waals surface area contributed by atoms with Crippen LogP contribution in [0.5, 0.6) is 0 Å². The number of fused-ring (bicyclic) bond motifs is 1. The van der Waals surface area contributed by atoms with Crippen molar-refractivity contribution in [3.63, 3.8) is 0 Å². The first-order valence-corrected chi connectivity index (χ1v) is 9.49. The average molecular weight is 399 g/mol. The number of hydrogen-bond acceptors (Lipinski definition) is 6. The van der Waals surface area contributed by atoms with E-state index in [0.29, 0.717) is 11.3 Å². The minimum atomic E-state index is -0.587. The van der Waals surface area contributed by atoms with Gasteiger partial charge in [0.15, 0.2) is 6.61 Å². The molecule has 2 aromatic carbocycles. The second-order valence-corrected chi connectivity index (χ2v) is 6.85. The summed E-state index contributed by atoms with van der Waals surface area (Å²) in [6.45, 7) is -0.397. The van der Waals surface area contributed by atoms with Crippen LogP contribution in [0.2, 0.25) is 0 Å². The Morgan fingerprint density at radius 3 is 2.64 bits per heavy atom. The standard InChI is InChI=1S/C19H17N3O5S/c23-16(21-15-6-5-12-3-1-2-4-13(12)7-15)9-27-17(24)11-28-10-14-8-20-19(26)22-18(14)25/h1-8H,9-11H2,(H,21,23)(H2,20,22,25,26). The van der Waals surface area contributed by atoms with Gasteiger partial charge in [-0.2, -0.15) is 0 Å². The Labute approximate surface area is 163 Å². The molecule has 0 bridgehead atoms. The first-order chi connectivity index (χ1) is 13.5. The molecule has 0 fully saturated rings. The molecular formula is C19H17N3O5S. The number of esters is 1. The van der Waals surface area contributed by atoms with Gasteiger partial charge in [0.05, 0.1) is 5.75 Å². The molecule has 0 radical (unpaired) electrons. The van der Waals surface area contributed by atoms with Crippen molar-refractivity contribution in [3.8, 4) is 0 Å². The molecule has 3 rings (SSSR count). The number of hydrogen-bond donors (Lipinski definition) is 3. The molecule has 3 N–H and O–H groups in total. The van der Waals surface area contributed by atoms with Gasteiger partial charge in [-0.15, -0.1) is 11.8 Å². The Bertz CT molecular complexity index is 1120. The van der Waals surface area contributed by atoms with Gasteiger partial charge in [0.1, 0.15) is 0 Å². The lowest BCUT2D eigenvalue weighted by Gasteiger charge is -2.07. The Morgan fingerprint density at radius 2 is 1.86 bits per heavy atom. The van der Waals surface area contributed by atoms with E-state index in [1.807, 2.05) is 36.4 Å². The third-order valence-electron chi connectivity index (χ3n) is 3.77. The molecule has 0 spiro atoms. The molecule has 28 heavy (non-hydrogen) atoms. The quantitative estimate of drug-likeness (QED) is 0.519. The van der Waals surface area contributed by atoms with Crippen LogP contribution >= 0.6 is 11.8 Å². The highest BCUT2D eigenvalue weighted by Crippen LogP contribution is 2.18. The molecule has 0 aliphatic rings. The van der Waals surface area contributed by atoms with Crippen molar-refractivity contribution in [1.29, 1.82) is 0 Å². The third kappa shape index (κ3) is 5.34. The number of benzene rings is 2. The average Bonchev–Trinajstić information content (AvgIpc) is 2.68. The number of thioether (sulfide) groups is 1. The van der Waals surface area contributed by atoms with Gasteiger partial charge in [-0.1, -0.05) is 30.3 Å².